The monoisotopic (exact) mass is 584 g/mol. The van der Waals surface area contributed by atoms with E-state index in [0.29, 0.717) is 11.4 Å². The Morgan fingerprint density at radius 1 is 0.606 bits per heavy atom. The van der Waals surface area contributed by atoms with E-state index in [1.807, 2.05) is 50.2 Å². The Balaban J connectivity index is -0.000000138. The molecule has 0 atom stereocenters. The van der Waals surface area contributed by atoms with Crippen molar-refractivity contribution in [3.05, 3.63) is 57.5 Å². The van der Waals surface area contributed by atoms with Gasteiger partial charge < -0.3 is 59.4 Å². The third kappa shape index (κ3) is 12.6. The predicted octanol–water partition coefficient (Wildman–Crippen LogP) is -5.33. The summed E-state index contributed by atoms with van der Waals surface area (Å²) in [6, 6.07) is 11.7. The first-order valence-electron chi connectivity index (χ1n) is 9.86. The molecule has 0 aliphatic heterocycles. The van der Waals surface area contributed by atoms with Gasteiger partial charge in [-0.2, -0.15) is 0 Å². The average Bonchev–Trinajstić information content (AvgIpc) is 2.71. The van der Waals surface area contributed by atoms with Gasteiger partial charge in [-0.15, -0.1) is 0 Å². The Labute approximate surface area is 236 Å². The number of halogens is 4. The number of rotatable bonds is 6. The van der Waals surface area contributed by atoms with Crippen LogP contribution in [0.15, 0.2) is 36.4 Å². The van der Waals surface area contributed by atoms with Crippen LogP contribution in [0, 0.1) is 24.6 Å². The molecule has 11 heteroatoms. The molecule has 0 aliphatic rings. The van der Waals surface area contributed by atoms with Crippen molar-refractivity contribution in [2.45, 2.75) is 41.5 Å². The summed E-state index contributed by atoms with van der Waals surface area (Å²) < 4.78 is 0. The minimum absolute atomic E-state index is 0. The summed E-state index contributed by atoms with van der Waals surface area (Å²) in [5, 5.41) is 17.3. The molecule has 0 amide bonds. The van der Waals surface area contributed by atoms with Crippen molar-refractivity contribution < 1.29 is 69.1 Å². The van der Waals surface area contributed by atoms with Crippen molar-refractivity contribution in [3.8, 4) is 0 Å². The SMILES string of the molecule is CCN(CC)c1ccc([N+]#N)c(C)c1.CCN(CC)c1ccc([N+]#N)c(C)c1.[Cl-].[Cl-].[Cl-].[Cl-].[Zn+2]. The molecule has 0 saturated carbocycles. The zero-order chi connectivity index (χ0) is 21.1. The Bertz CT molecular complexity index is 791. The third-order valence-corrected chi connectivity index (χ3v) is 4.83. The summed E-state index contributed by atoms with van der Waals surface area (Å²) in [6.45, 7) is 16.4. The van der Waals surface area contributed by atoms with Crippen LogP contribution in [0.25, 0.3) is 9.95 Å². The van der Waals surface area contributed by atoms with Crippen LogP contribution in [-0.2, 0) is 19.5 Å². The largest absolute Gasteiger partial charge is 2.00 e. The predicted molar refractivity (Wildman–Crippen MR) is 119 cm³/mol. The zero-order valence-corrected chi connectivity index (χ0v) is 26.2. The number of hydrogen-bond acceptors (Lipinski definition) is 4. The normalized spacial score (nSPS) is 8.12. The van der Waals surface area contributed by atoms with Crippen LogP contribution in [0.4, 0.5) is 22.7 Å². The molecule has 2 aromatic carbocycles. The summed E-state index contributed by atoms with van der Waals surface area (Å²) >= 11 is 0. The number of diazo groups is 2. The molecule has 0 N–H and O–H groups in total. The molecule has 0 aliphatic carbocycles. The molecule has 180 valence electrons. The first-order valence-corrected chi connectivity index (χ1v) is 9.86. The first kappa shape index (κ1) is 41.9. The molecule has 0 bridgehead atoms. The van der Waals surface area contributed by atoms with Gasteiger partial charge >= 0.3 is 30.9 Å². The molecule has 0 unspecified atom stereocenters. The maximum atomic E-state index is 8.67. The molecule has 0 fully saturated rings. The molecule has 0 saturated heterocycles. The second-order valence-electron chi connectivity index (χ2n) is 6.49. The summed E-state index contributed by atoms with van der Waals surface area (Å²) in [6.07, 6.45) is 0. The minimum Gasteiger partial charge on any atom is -1.00 e. The quantitative estimate of drug-likeness (QED) is 0.250. The van der Waals surface area contributed by atoms with Gasteiger partial charge in [0.2, 0.25) is 10.8 Å². The van der Waals surface area contributed by atoms with Crippen molar-refractivity contribution in [3.63, 3.8) is 0 Å². The van der Waals surface area contributed by atoms with E-state index in [1.54, 1.807) is 0 Å². The topological polar surface area (TPSA) is 62.8 Å². The number of aryl methyl sites for hydroxylation is 2. The Hall–Kier alpha value is -1.34. The standard InChI is InChI=1S/2C11H16N3.4ClH.Zn/c2*1-4-14(5-2)10-6-7-11(13-12)9(3)8-10;;;;;/h2*6-8H,4-5H2,1-3H3;4*1H;/q2*+1;;;;;+2/p-4. The molecule has 33 heavy (non-hydrogen) atoms. The van der Waals surface area contributed by atoms with Gasteiger partial charge in [-0.3, -0.25) is 0 Å². The van der Waals surface area contributed by atoms with Crippen molar-refractivity contribution in [1.29, 1.82) is 10.8 Å². The van der Waals surface area contributed by atoms with E-state index in [4.69, 9.17) is 10.8 Å². The van der Waals surface area contributed by atoms with E-state index < -0.39 is 0 Å². The fraction of sp³-hybridized carbons (Fsp3) is 0.455. The van der Waals surface area contributed by atoms with E-state index in [1.165, 1.54) is 11.4 Å². The zero-order valence-electron chi connectivity index (χ0n) is 20.2. The number of nitrogens with zero attached hydrogens (tertiary/aromatic N) is 6. The van der Waals surface area contributed by atoms with E-state index in [9.17, 15) is 0 Å². The average molecular weight is 588 g/mol. The maximum Gasteiger partial charge on any atom is 2.00 e. The van der Waals surface area contributed by atoms with Crippen LogP contribution < -0.4 is 59.4 Å². The van der Waals surface area contributed by atoms with Crippen LogP contribution >= 0.6 is 0 Å². The van der Waals surface area contributed by atoms with Gasteiger partial charge in [0.25, 0.3) is 0 Å². The summed E-state index contributed by atoms with van der Waals surface area (Å²) in [5.41, 5.74) is 5.63. The molecule has 0 heterocycles. The molecule has 0 spiro atoms. The summed E-state index contributed by atoms with van der Waals surface area (Å²) in [4.78, 5) is 10.9. The molecular weight excluding hydrogens is 555 g/mol. The number of anilines is 2. The Morgan fingerprint density at radius 2 is 0.879 bits per heavy atom. The van der Waals surface area contributed by atoms with Crippen LogP contribution in [0.3, 0.4) is 0 Å². The molecule has 2 aromatic rings. The fourth-order valence-electron chi connectivity index (χ4n) is 3.07. The summed E-state index contributed by atoms with van der Waals surface area (Å²) in [5.74, 6) is 0. The fourth-order valence-corrected chi connectivity index (χ4v) is 3.07. The van der Waals surface area contributed by atoms with E-state index in [2.05, 4.69) is 47.4 Å². The minimum atomic E-state index is 0. The van der Waals surface area contributed by atoms with Gasteiger partial charge in [0, 0.05) is 60.8 Å². The third-order valence-electron chi connectivity index (χ3n) is 4.83. The molecule has 6 nitrogen and oxygen atoms in total. The van der Waals surface area contributed by atoms with Crippen molar-refractivity contribution in [2.24, 2.45) is 0 Å². The molecule has 2 rings (SSSR count). The molecule has 0 aromatic heterocycles. The number of benzene rings is 2. The van der Waals surface area contributed by atoms with Crippen molar-refractivity contribution >= 4 is 22.7 Å². The van der Waals surface area contributed by atoms with E-state index >= 15 is 0 Å². The van der Waals surface area contributed by atoms with Gasteiger partial charge in [0.05, 0.1) is 0 Å². The molecule has 0 radical (unpaired) electrons. The van der Waals surface area contributed by atoms with Gasteiger partial charge in [-0.1, -0.05) is 0 Å². The van der Waals surface area contributed by atoms with E-state index in [0.717, 1.165) is 37.3 Å². The van der Waals surface area contributed by atoms with Crippen molar-refractivity contribution in [1.82, 2.24) is 0 Å². The van der Waals surface area contributed by atoms with Crippen LogP contribution in [0.1, 0.15) is 38.8 Å². The smallest absolute Gasteiger partial charge is 1.00 e. The van der Waals surface area contributed by atoms with E-state index in [-0.39, 0.29) is 69.1 Å². The van der Waals surface area contributed by atoms with Gasteiger partial charge in [0.1, 0.15) is 0 Å². The van der Waals surface area contributed by atoms with Gasteiger partial charge in [-0.25, -0.2) is 0 Å². The second-order valence-corrected chi connectivity index (χ2v) is 6.49. The van der Waals surface area contributed by atoms with Crippen molar-refractivity contribution in [2.75, 3.05) is 36.0 Å². The second kappa shape index (κ2) is 22.5. The first-order chi connectivity index (χ1) is 13.4. The van der Waals surface area contributed by atoms with Crippen LogP contribution in [-0.4, -0.2) is 26.2 Å². The van der Waals surface area contributed by atoms with Gasteiger partial charge in [0.15, 0.2) is 9.95 Å². The molecular formula is C22H32Cl4N6Zn. The Kier molecular flexibility index (Phi) is 28.5. The Morgan fingerprint density at radius 3 is 1.06 bits per heavy atom. The van der Waals surface area contributed by atoms with Crippen LogP contribution in [0.5, 0.6) is 0 Å². The van der Waals surface area contributed by atoms with Gasteiger partial charge in [-0.05, 0) is 65.8 Å². The summed E-state index contributed by atoms with van der Waals surface area (Å²) in [7, 11) is 0. The van der Waals surface area contributed by atoms with Crippen LogP contribution in [0.2, 0.25) is 0 Å². The number of hydrogen-bond donors (Lipinski definition) is 0. The maximum absolute atomic E-state index is 8.67.